The smallest absolute Gasteiger partial charge is 0.319 e. The van der Waals surface area contributed by atoms with E-state index in [-0.39, 0.29) is 41.3 Å². The number of β-lactam (4-membered cyclic amide) rings is 1. The van der Waals surface area contributed by atoms with Crippen molar-refractivity contribution in [2.24, 2.45) is 5.41 Å². The van der Waals surface area contributed by atoms with Crippen LogP contribution >= 0.6 is 46.6 Å². The van der Waals surface area contributed by atoms with Gasteiger partial charge in [0.15, 0.2) is 30.0 Å². The van der Waals surface area contributed by atoms with Gasteiger partial charge in [0, 0.05) is 35.3 Å². The van der Waals surface area contributed by atoms with E-state index >= 15 is 0 Å². The number of amides is 2. The Kier molecular flexibility index (Phi) is 10.3. The number of thioether (sulfide) groups is 1. The van der Waals surface area contributed by atoms with Crippen LogP contribution in [0, 0.1) is 5.41 Å². The fourth-order valence-corrected chi connectivity index (χ4v) is 8.24. The van der Waals surface area contributed by atoms with Crippen molar-refractivity contribution in [3.63, 3.8) is 0 Å². The number of tetrazole rings is 1. The molecule has 1 aromatic heterocycles. The Morgan fingerprint density at radius 3 is 2.19 bits per heavy atom. The third-order valence-electron chi connectivity index (χ3n) is 8.65. The van der Waals surface area contributed by atoms with E-state index in [2.05, 4.69) is 15.5 Å². The second-order valence-corrected chi connectivity index (χ2v) is 14.5. The second kappa shape index (κ2) is 15.0. The molecule has 5 aromatic rings. The van der Waals surface area contributed by atoms with E-state index in [0.717, 1.165) is 15.9 Å². The highest BCUT2D eigenvalue weighted by molar-refractivity contribution is 8.00. The lowest BCUT2D eigenvalue weighted by Gasteiger charge is -2.55. The maximum absolute atomic E-state index is 14.7. The number of fused-ring (bicyclic) bond motifs is 1. The van der Waals surface area contributed by atoms with Crippen molar-refractivity contribution in [1.82, 2.24) is 25.2 Å². The number of hydrogen-bond acceptors (Lipinski definition) is 10. The van der Waals surface area contributed by atoms with E-state index in [0.29, 0.717) is 15.8 Å². The number of esters is 1. The van der Waals surface area contributed by atoms with E-state index in [1.165, 1.54) is 30.0 Å². The quantitative estimate of drug-likeness (QED) is 0.107. The van der Waals surface area contributed by atoms with E-state index < -0.39 is 34.8 Å². The zero-order valence-electron chi connectivity index (χ0n) is 27.3. The SMILES string of the molecule is CC(=O)N(C1C(=O)N2CC(COc3cc(Cl)ccc3Oc3ccc(Cl)cc3Cl)(C(=O)OC(c3ccccc3)c3ccccc3)CS[C@H]12)n1cnnn1. The minimum atomic E-state index is -1.38. The Morgan fingerprint density at radius 2 is 1.58 bits per heavy atom. The van der Waals surface area contributed by atoms with Gasteiger partial charge in [-0.2, -0.15) is 0 Å². The number of ether oxygens (including phenoxy) is 3. The van der Waals surface area contributed by atoms with Crippen LogP contribution in [0.25, 0.3) is 0 Å². The molecule has 2 aliphatic heterocycles. The minimum absolute atomic E-state index is 0.0593. The predicted molar refractivity (Wildman–Crippen MR) is 195 cm³/mol. The number of benzene rings is 4. The number of carbonyl (C=O) groups excluding carboxylic acids is 3. The molecule has 3 atom stereocenters. The number of aromatic nitrogens is 4. The van der Waals surface area contributed by atoms with Crippen LogP contribution in [0.5, 0.6) is 17.2 Å². The summed E-state index contributed by atoms with van der Waals surface area (Å²) >= 11 is 20.2. The molecule has 4 aromatic carbocycles. The van der Waals surface area contributed by atoms with Crippen LogP contribution in [0.15, 0.2) is 103 Å². The molecule has 52 heavy (non-hydrogen) atoms. The fraction of sp³-hybridized carbons (Fsp3) is 0.222. The first-order valence-corrected chi connectivity index (χ1v) is 18.1. The van der Waals surface area contributed by atoms with Crippen LogP contribution < -0.4 is 14.5 Å². The van der Waals surface area contributed by atoms with Crippen LogP contribution in [-0.4, -0.2) is 73.3 Å². The van der Waals surface area contributed by atoms with Crippen molar-refractivity contribution in [2.75, 3.05) is 23.9 Å². The Labute approximate surface area is 317 Å². The maximum atomic E-state index is 14.7. The van der Waals surface area contributed by atoms with Gasteiger partial charge in [-0.05, 0) is 51.9 Å². The summed E-state index contributed by atoms with van der Waals surface area (Å²) in [5, 5.41) is 12.9. The molecule has 16 heteroatoms. The summed E-state index contributed by atoms with van der Waals surface area (Å²) in [5.74, 6) is -0.374. The first kappa shape index (κ1) is 35.6. The molecule has 7 rings (SSSR count). The third-order valence-corrected chi connectivity index (χ3v) is 11.0. The van der Waals surface area contributed by atoms with Crippen LogP contribution in [0.4, 0.5) is 0 Å². The lowest BCUT2D eigenvalue weighted by Crippen LogP contribution is -2.76. The Hall–Kier alpha value is -4.82. The van der Waals surface area contributed by atoms with Gasteiger partial charge in [0.1, 0.15) is 23.1 Å². The highest BCUT2D eigenvalue weighted by Crippen LogP contribution is 2.46. The molecule has 2 amide bonds. The molecule has 0 N–H and O–H groups in total. The maximum Gasteiger partial charge on any atom is 0.319 e. The van der Waals surface area contributed by atoms with Crippen molar-refractivity contribution in [2.45, 2.75) is 24.4 Å². The summed E-state index contributed by atoms with van der Waals surface area (Å²) in [5.41, 5.74) is 0.156. The molecule has 2 fully saturated rings. The van der Waals surface area contributed by atoms with E-state index in [1.54, 1.807) is 41.3 Å². The summed E-state index contributed by atoms with van der Waals surface area (Å²) in [6.45, 7) is 1.05. The van der Waals surface area contributed by atoms with Gasteiger partial charge in [0.2, 0.25) is 5.91 Å². The summed E-state index contributed by atoms with van der Waals surface area (Å²) < 4.78 is 18.9. The first-order chi connectivity index (χ1) is 25.1. The Balaban J connectivity index is 1.21. The van der Waals surface area contributed by atoms with Crippen LogP contribution in [-0.2, 0) is 19.1 Å². The van der Waals surface area contributed by atoms with Crippen molar-refractivity contribution in [3.05, 3.63) is 130 Å². The summed E-state index contributed by atoms with van der Waals surface area (Å²) in [4.78, 5) is 43.9. The number of rotatable bonds is 11. The van der Waals surface area contributed by atoms with Crippen LogP contribution in [0.3, 0.4) is 0 Å². The average molecular weight is 780 g/mol. The van der Waals surface area contributed by atoms with E-state index in [1.807, 2.05) is 60.7 Å². The largest absolute Gasteiger partial charge is 0.488 e. The fourth-order valence-electron chi connectivity index (χ4n) is 6.08. The molecule has 2 saturated heterocycles. The Morgan fingerprint density at radius 1 is 0.923 bits per heavy atom. The lowest BCUT2D eigenvalue weighted by atomic mass is 9.87. The molecule has 266 valence electrons. The van der Waals surface area contributed by atoms with Gasteiger partial charge in [0.25, 0.3) is 5.91 Å². The van der Waals surface area contributed by atoms with Crippen molar-refractivity contribution in [3.8, 4) is 17.2 Å². The van der Waals surface area contributed by atoms with Gasteiger partial charge in [-0.15, -0.1) is 21.7 Å². The normalized spacial score (nSPS) is 19.4. The van der Waals surface area contributed by atoms with Crippen LogP contribution in [0.1, 0.15) is 24.2 Å². The molecule has 2 aliphatic rings. The zero-order valence-corrected chi connectivity index (χ0v) is 30.4. The van der Waals surface area contributed by atoms with E-state index in [4.69, 9.17) is 49.0 Å². The molecule has 12 nitrogen and oxygen atoms in total. The molecule has 0 bridgehead atoms. The Bertz CT molecular complexity index is 2060. The van der Waals surface area contributed by atoms with Gasteiger partial charge in [-0.3, -0.25) is 14.4 Å². The second-order valence-electron chi connectivity index (χ2n) is 12.1. The zero-order chi connectivity index (χ0) is 36.4. The molecule has 2 unspecified atom stereocenters. The van der Waals surface area contributed by atoms with Gasteiger partial charge < -0.3 is 19.1 Å². The summed E-state index contributed by atoms with van der Waals surface area (Å²) in [7, 11) is 0. The topological polar surface area (TPSA) is 129 Å². The number of carbonyl (C=O) groups is 3. The molecular weight excluding hydrogens is 751 g/mol. The number of halogens is 3. The predicted octanol–water partition coefficient (Wildman–Crippen LogP) is 6.59. The van der Waals surface area contributed by atoms with E-state index in [9.17, 15) is 14.4 Å². The van der Waals surface area contributed by atoms with Crippen molar-refractivity contribution < 1.29 is 28.6 Å². The molecular formula is C36H29Cl3N6O6S. The molecule has 0 saturated carbocycles. The monoisotopic (exact) mass is 778 g/mol. The van der Waals surface area contributed by atoms with Gasteiger partial charge in [0.05, 0.1) is 5.02 Å². The van der Waals surface area contributed by atoms with Gasteiger partial charge in [-0.25, -0.2) is 5.01 Å². The average Bonchev–Trinajstić information content (AvgIpc) is 3.69. The minimum Gasteiger partial charge on any atom is -0.488 e. The van der Waals surface area contributed by atoms with Gasteiger partial charge >= 0.3 is 5.97 Å². The highest BCUT2D eigenvalue weighted by atomic mass is 35.5. The third kappa shape index (κ3) is 7.13. The molecule has 0 radical (unpaired) electrons. The first-order valence-electron chi connectivity index (χ1n) is 15.9. The molecule has 0 aliphatic carbocycles. The van der Waals surface area contributed by atoms with Crippen molar-refractivity contribution >= 4 is 64.3 Å². The summed E-state index contributed by atoms with van der Waals surface area (Å²) in [6.07, 6.45) is 0.495. The van der Waals surface area contributed by atoms with Crippen LogP contribution in [0.2, 0.25) is 15.1 Å². The summed E-state index contributed by atoms with van der Waals surface area (Å²) in [6, 6.07) is 27.5. The molecule has 3 heterocycles. The lowest BCUT2D eigenvalue weighted by molar-refractivity contribution is -0.167. The van der Waals surface area contributed by atoms with Crippen molar-refractivity contribution in [1.29, 1.82) is 0 Å². The molecule has 0 spiro atoms. The number of hydrogen-bond donors (Lipinski definition) is 0. The van der Waals surface area contributed by atoms with Gasteiger partial charge in [-0.1, -0.05) is 95.5 Å². The highest BCUT2D eigenvalue weighted by Gasteiger charge is 2.61. The number of nitrogens with zero attached hydrogens (tertiary/aromatic N) is 6. The standard InChI is InChI=1S/C36H29Cl3N6O6S/c1-22(46)45(44-21-40-41-42-44)31-33(47)43-18-36(20-52-34(31)43,35(48)51-32(23-8-4-2-5-9-23)24-10-6-3-7-11-24)19-49-30-17-26(38)13-15-29(30)50-28-14-12-25(37)16-27(28)39/h2-17,21,31-32,34H,18-20H2,1H3/t31?,34-,36?/m1/s1.